The van der Waals surface area contributed by atoms with Gasteiger partial charge in [-0.3, -0.25) is 9.59 Å². The third kappa shape index (κ3) is 4.22. The molecule has 2 unspecified atom stereocenters. The molecule has 8 heteroatoms. The minimum atomic E-state index is -0.603. The molecule has 138 valence electrons. The quantitative estimate of drug-likeness (QED) is 0.782. The van der Waals surface area contributed by atoms with Gasteiger partial charge in [-0.15, -0.1) is 12.4 Å². The standard InChI is InChI=1S/C17H21Cl2N3O2.ClH/c1-20-9-11-4-6-21(10-11)16(23)13-5-7-22(17(13)24)15-8-12(18)2-3-14(15)19;/h2-3,8,11,13,20H,4-7,9-10H2,1H3;1H. The molecule has 0 aromatic heterocycles. The zero-order valence-electron chi connectivity index (χ0n) is 14.0. The lowest BCUT2D eigenvalue weighted by Gasteiger charge is -2.21. The van der Waals surface area contributed by atoms with Gasteiger partial charge in [0.05, 0.1) is 10.7 Å². The number of hydrogen-bond donors (Lipinski definition) is 1. The minimum absolute atomic E-state index is 0. The van der Waals surface area contributed by atoms with E-state index in [0.29, 0.717) is 34.6 Å². The highest BCUT2D eigenvalue weighted by Gasteiger charge is 2.41. The Morgan fingerprint density at radius 2 is 2.04 bits per heavy atom. The molecule has 2 atom stereocenters. The molecule has 1 aromatic rings. The van der Waals surface area contributed by atoms with Crippen LogP contribution in [0.5, 0.6) is 0 Å². The maximum Gasteiger partial charge on any atom is 0.239 e. The lowest BCUT2D eigenvalue weighted by Crippen LogP contribution is -2.39. The maximum atomic E-state index is 12.7. The van der Waals surface area contributed by atoms with Crippen molar-refractivity contribution in [3.8, 4) is 0 Å². The highest BCUT2D eigenvalue weighted by Crippen LogP contribution is 2.34. The molecule has 2 amide bonds. The molecular weight excluding hydrogens is 385 g/mol. The van der Waals surface area contributed by atoms with Crippen molar-refractivity contribution in [2.24, 2.45) is 11.8 Å². The van der Waals surface area contributed by atoms with Crippen LogP contribution < -0.4 is 10.2 Å². The van der Waals surface area contributed by atoms with E-state index in [1.54, 1.807) is 23.1 Å². The number of nitrogens with zero attached hydrogens (tertiary/aromatic N) is 2. The van der Waals surface area contributed by atoms with Crippen LogP contribution in [0.1, 0.15) is 12.8 Å². The van der Waals surface area contributed by atoms with E-state index >= 15 is 0 Å². The number of halogens is 3. The Kier molecular flexibility index (Phi) is 6.97. The van der Waals surface area contributed by atoms with Gasteiger partial charge in [-0.1, -0.05) is 23.2 Å². The average Bonchev–Trinajstić information content (AvgIpc) is 3.17. The molecule has 1 N–H and O–H groups in total. The molecule has 2 aliphatic rings. The number of carbonyl (C=O) groups is 2. The third-order valence-electron chi connectivity index (χ3n) is 4.79. The Hall–Kier alpha value is -1.01. The monoisotopic (exact) mass is 405 g/mol. The van der Waals surface area contributed by atoms with Gasteiger partial charge in [0.15, 0.2) is 0 Å². The fourth-order valence-corrected chi connectivity index (χ4v) is 3.94. The Bertz CT molecular complexity index is 656. The van der Waals surface area contributed by atoms with E-state index in [1.807, 2.05) is 11.9 Å². The van der Waals surface area contributed by atoms with E-state index in [9.17, 15) is 9.59 Å². The van der Waals surface area contributed by atoms with Crippen molar-refractivity contribution in [1.29, 1.82) is 0 Å². The van der Waals surface area contributed by atoms with Gasteiger partial charge in [0.25, 0.3) is 0 Å². The topological polar surface area (TPSA) is 52.7 Å². The molecule has 3 rings (SSSR count). The molecule has 2 heterocycles. The predicted octanol–water partition coefficient (Wildman–Crippen LogP) is 2.84. The number of rotatable bonds is 4. The summed E-state index contributed by atoms with van der Waals surface area (Å²) in [7, 11) is 1.91. The molecule has 25 heavy (non-hydrogen) atoms. The summed E-state index contributed by atoms with van der Waals surface area (Å²) in [5.41, 5.74) is 0.582. The first-order chi connectivity index (χ1) is 11.5. The van der Waals surface area contributed by atoms with Crippen LogP contribution in [0.2, 0.25) is 10.0 Å². The van der Waals surface area contributed by atoms with Crippen molar-refractivity contribution in [3.63, 3.8) is 0 Å². The summed E-state index contributed by atoms with van der Waals surface area (Å²) >= 11 is 12.2. The summed E-state index contributed by atoms with van der Waals surface area (Å²) in [4.78, 5) is 28.9. The van der Waals surface area contributed by atoms with E-state index < -0.39 is 5.92 Å². The molecular formula is C17H22Cl3N3O2. The number of carbonyl (C=O) groups excluding carboxylic acids is 2. The van der Waals surface area contributed by atoms with Crippen LogP contribution in [0.3, 0.4) is 0 Å². The van der Waals surface area contributed by atoms with Gasteiger partial charge in [-0.25, -0.2) is 0 Å². The molecule has 2 aliphatic heterocycles. The number of nitrogens with one attached hydrogen (secondary N) is 1. The predicted molar refractivity (Wildman–Crippen MR) is 103 cm³/mol. The summed E-state index contributed by atoms with van der Waals surface area (Å²) in [6, 6.07) is 5.03. The highest BCUT2D eigenvalue weighted by atomic mass is 35.5. The summed E-state index contributed by atoms with van der Waals surface area (Å²) < 4.78 is 0. The number of benzene rings is 1. The Morgan fingerprint density at radius 1 is 1.28 bits per heavy atom. The van der Waals surface area contributed by atoms with E-state index in [1.165, 1.54) is 0 Å². The normalized spacial score (nSPS) is 23.1. The molecule has 0 bridgehead atoms. The van der Waals surface area contributed by atoms with Gasteiger partial charge in [-0.05, 0) is 50.6 Å². The average molecular weight is 407 g/mol. The van der Waals surface area contributed by atoms with E-state index in [0.717, 1.165) is 26.1 Å². The molecule has 1 aromatic carbocycles. The largest absolute Gasteiger partial charge is 0.342 e. The second kappa shape index (κ2) is 8.58. The Labute approximate surface area is 164 Å². The summed E-state index contributed by atoms with van der Waals surface area (Å²) in [5.74, 6) is -0.372. The van der Waals surface area contributed by atoms with Crippen molar-refractivity contribution in [1.82, 2.24) is 10.2 Å². The van der Waals surface area contributed by atoms with Crippen LogP contribution in [0.15, 0.2) is 18.2 Å². The zero-order valence-corrected chi connectivity index (χ0v) is 16.3. The number of amides is 2. The van der Waals surface area contributed by atoms with Crippen LogP contribution in [-0.4, -0.2) is 49.9 Å². The van der Waals surface area contributed by atoms with E-state index in [2.05, 4.69) is 5.32 Å². The Morgan fingerprint density at radius 3 is 2.76 bits per heavy atom. The number of anilines is 1. The van der Waals surface area contributed by atoms with Crippen molar-refractivity contribution < 1.29 is 9.59 Å². The molecule has 0 spiro atoms. The first-order valence-electron chi connectivity index (χ1n) is 8.21. The highest BCUT2D eigenvalue weighted by molar-refractivity contribution is 6.36. The van der Waals surface area contributed by atoms with Crippen LogP contribution in [0.25, 0.3) is 0 Å². The first kappa shape index (κ1) is 20.3. The van der Waals surface area contributed by atoms with E-state index in [-0.39, 0.29) is 24.2 Å². The third-order valence-corrected chi connectivity index (χ3v) is 5.35. The summed E-state index contributed by atoms with van der Waals surface area (Å²) in [6.07, 6.45) is 1.50. The fourth-order valence-electron chi connectivity index (χ4n) is 3.55. The Balaban J connectivity index is 0.00000225. The second-order valence-corrected chi connectivity index (χ2v) is 7.27. The second-order valence-electron chi connectivity index (χ2n) is 6.42. The van der Waals surface area contributed by atoms with Gasteiger partial charge in [0.1, 0.15) is 5.92 Å². The van der Waals surface area contributed by atoms with Gasteiger partial charge < -0.3 is 15.1 Å². The smallest absolute Gasteiger partial charge is 0.239 e. The molecule has 0 aliphatic carbocycles. The number of likely N-dealkylation sites (tertiary alicyclic amines) is 1. The molecule has 0 radical (unpaired) electrons. The van der Waals surface area contributed by atoms with E-state index in [4.69, 9.17) is 23.2 Å². The van der Waals surface area contributed by atoms with Crippen molar-refractivity contribution >= 4 is 53.1 Å². The molecule has 2 saturated heterocycles. The van der Waals surface area contributed by atoms with Crippen LogP contribution in [0.4, 0.5) is 5.69 Å². The lowest BCUT2D eigenvalue weighted by atomic mass is 10.1. The van der Waals surface area contributed by atoms with Gasteiger partial charge >= 0.3 is 0 Å². The lowest BCUT2D eigenvalue weighted by molar-refractivity contribution is -0.139. The van der Waals surface area contributed by atoms with Crippen molar-refractivity contribution in [2.45, 2.75) is 12.8 Å². The minimum Gasteiger partial charge on any atom is -0.342 e. The first-order valence-corrected chi connectivity index (χ1v) is 8.96. The van der Waals surface area contributed by atoms with Gasteiger partial charge in [0.2, 0.25) is 11.8 Å². The van der Waals surface area contributed by atoms with Crippen molar-refractivity contribution in [3.05, 3.63) is 28.2 Å². The van der Waals surface area contributed by atoms with Crippen LogP contribution >= 0.6 is 35.6 Å². The fraction of sp³-hybridized carbons (Fsp3) is 0.529. The summed E-state index contributed by atoms with van der Waals surface area (Å²) in [6.45, 7) is 2.84. The van der Waals surface area contributed by atoms with Crippen LogP contribution in [-0.2, 0) is 9.59 Å². The van der Waals surface area contributed by atoms with Gasteiger partial charge in [0, 0.05) is 24.7 Å². The molecule has 5 nitrogen and oxygen atoms in total. The van der Waals surface area contributed by atoms with Crippen LogP contribution in [0, 0.1) is 11.8 Å². The molecule has 0 saturated carbocycles. The maximum absolute atomic E-state index is 12.7. The molecule has 2 fully saturated rings. The number of hydrogen-bond acceptors (Lipinski definition) is 3. The van der Waals surface area contributed by atoms with Crippen molar-refractivity contribution in [2.75, 3.05) is 38.1 Å². The SMILES string of the molecule is CNCC1CCN(C(=O)C2CCN(c3cc(Cl)ccc3Cl)C2=O)C1.Cl. The summed E-state index contributed by atoms with van der Waals surface area (Å²) in [5, 5.41) is 4.14. The van der Waals surface area contributed by atoms with Gasteiger partial charge in [-0.2, -0.15) is 0 Å². The zero-order chi connectivity index (χ0) is 17.3.